The molecule has 2 rings (SSSR count). The molecule has 0 aromatic heterocycles. The minimum absolute atomic E-state index is 0. The molecule has 0 spiro atoms. The Labute approximate surface area is 139 Å². The van der Waals surface area contributed by atoms with E-state index in [2.05, 4.69) is 50.1 Å². The molecule has 0 fully saturated rings. The summed E-state index contributed by atoms with van der Waals surface area (Å²) in [7, 11) is 0. The van der Waals surface area contributed by atoms with E-state index in [4.69, 9.17) is 0 Å². The van der Waals surface area contributed by atoms with Gasteiger partial charge in [0, 0.05) is 0 Å². The Bertz CT molecular complexity index is 341. The van der Waals surface area contributed by atoms with Crippen LogP contribution >= 0.6 is 0 Å². The number of hydrogen-bond donors (Lipinski definition) is 0. The van der Waals surface area contributed by atoms with Crippen molar-refractivity contribution in [2.75, 3.05) is 0 Å². The summed E-state index contributed by atoms with van der Waals surface area (Å²) >= 11 is 1.30. The molecule has 0 atom stereocenters. The first-order valence-electron chi connectivity index (χ1n) is 5.44. The average Bonchev–Trinajstić information content (AvgIpc) is 2.88. The maximum Gasteiger partial charge on any atom is -1.00 e. The van der Waals surface area contributed by atoms with Gasteiger partial charge in [0.05, 0.1) is 0 Å². The molecule has 2 aliphatic rings. The standard InChI is InChI=1S/C8H11.C6H7.CH2.2ClH.Zr/c1-6-4-5-7(2)8(6)3;1-6-4-2-3-5-6;;;;/h4H2,1-3H3;4-5H,2H2,1H3;1H2;2*1H;/q2*-1;;;;+2/p-2. The molecule has 0 heterocycles. The summed E-state index contributed by atoms with van der Waals surface area (Å²) in [6, 6.07) is 0. The Balaban J connectivity index is -0.000000204. The van der Waals surface area contributed by atoms with E-state index >= 15 is 0 Å². The van der Waals surface area contributed by atoms with Crippen LogP contribution in [0.3, 0.4) is 0 Å². The van der Waals surface area contributed by atoms with Gasteiger partial charge in [-0.3, -0.25) is 12.2 Å². The molecule has 2 aliphatic carbocycles. The van der Waals surface area contributed by atoms with Crippen LogP contribution in [0.4, 0.5) is 0 Å². The molecule has 0 aromatic carbocycles. The van der Waals surface area contributed by atoms with Crippen molar-refractivity contribution in [1.29, 1.82) is 0 Å². The van der Waals surface area contributed by atoms with E-state index in [0.717, 1.165) is 12.8 Å². The first-order valence-corrected chi connectivity index (χ1v) is 7.18. The van der Waals surface area contributed by atoms with E-state index in [0.29, 0.717) is 0 Å². The second kappa shape index (κ2) is 13.7. The van der Waals surface area contributed by atoms with Crippen molar-refractivity contribution in [1.82, 2.24) is 0 Å². The zero-order chi connectivity index (χ0) is 12.6. The van der Waals surface area contributed by atoms with E-state index in [9.17, 15) is 0 Å². The summed E-state index contributed by atoms with van der Waals surface area (Å²) in [4.78, 5) is 0. The van der Waals surface area contributed by atoms with Crippen molar-refractivity contribution >= 4 is 4.21 Å². The summed E-state index contributed by atoms with van der Waals surface area (Å²) in [6.45, 7) is 8.52. The first-order chi connectivity index (χ1) is 7.61. The number of halogens is 2. The van der Waals surface area contributed by atoms with Crippen LogP contribution < -0.4 is 24.8 Å². The Hall–Kier alpha value is 0.293. The van der Waals surface area contributed by atoms with Gasteiger partial charge in [-0.05, 0) is 0 Å². The second-order valence-electron chi connectivity index (χ2n) is 3.88. The zero-order valence-corrected chi connectivity index (χ0v) is 15.5. The van der Waals surface area contributed by atoms with Crippen molar-refractivity contribution in [2.24, 2.45) is 0 Å². The third-order valence-corrected chi connectivity index (χ3v) is 2.69. The van der Waals surface area contributed by atoms with Crippen LogP contribution in [0, 0.1) is 12.2 Å². The van der Waals surface area contributed by atoms with Gasteiger partial charge in [-0.25, -0.2) is 17.2 Å². The fraction of sp³-hybridized carbons (Fsp3) is 0.400. The molecule has 0 nitrogen and oxygen atoms in total. The molecule has 0 unspecified atom stereocenters. The van der Waals surface area contributed by atoms with Crippen molar-refractivity contribution in [2.45, 2.75) is 40.5 Å². The van der Waals surface area contributed by atoms with Crippen LogP contribution in [-0.4, -0.2) is 4.21 Å². The van der Waals surface area contributed by atoms with E-state index in [-0.39, 0.29) is 24.8 Å². The van der Waals surface area contributed by atoms with Crippen LogP contribution in [0.15, 0.2) is 34.4 Å². The van der Waals surface area contributed by atoms with Gasteiger partial charge in [0.2, 0.25) is 0 Å². The summed E-state index contributed by atoms with van der Waals surface area (Å²) in [5.74, 6) is 0. The summed E-state index contributed by atoms with van der Waals surface area (Å²) < 4.78 is 3.34. The predicted molar refractivity (Wildman–Crippen MR) is 68.7 cm³/mol. The van der Waals surface area contributed by atoms with E-state index in [1.54, 1.807) is 0 Å². The van der Waals surface area contributed by atoms with Crippen molar-refractivity contribution in [3.63, 3.8) is 0 Å². The summed E-state index contributed by atoms with van der Waals surface area (Å²) in [6.07, 6.45) is 12.6. The topological polar surface area (TPSA) is 0 Å². The largest absolute Gasteiger partial charge is 1.00 e. The van der Waals surface area contributed by atoms with Crippen molar-refractivity contribution in [3.05, 3.63) is 46.6 Å². The number of rotatable bonds is 0. The SMILES string of the molecule is CC1=CC[C-]=C1.CC1=[C-]CC(C)=C1C.[CH2]=[Zr+2].[Cl-].[Cl-]. The average molecular weight is 362 g/mol. The fourth-order valence-electron chi connectivity index (χ4n) is 1.35. The molecule has 0 N–H and O–H groups in total. The number of hydrogen-bond acceptors (Lipinski definition) is 0. The molecule has 0 amide bonds. The summed E-state index contributed by atoms with van der Waals surface area (Å²) in [5, 5.41) is 0. The summed E-state index contributed by atoms with van der Waals surface area (Å²) in [5.41, 5.74) is 5.59. The molecular formula is C15H20Cl2Zr-2. The van der Waals surface area contributed by atoms with Crippen LogP contribution in [0.1, 0.15) is 40.5 Å². The Morgan fingerprint density at radius 3 is 1.78 bits per heavy atom. The van der Waals surface area contributed by atoms with Gasteiger partial charge in [0.1, 0.15) is 0 Å². The van der Waals surface area contributed by atoms with Gasteiger partial charge in [0.25, 0.3) is 0 Å². The molecule has 3 heteroatoms. The molecule has 0 aliphatic heterocycles. The van der Waals surface area contributed by atoms with E-state index in [1.807, 2.05) is 6.08 Å². The Morgan fingerprint density at radius 1 is 1.11 bits per heavy atom. The predicted octanol–water partition coefficient (Wildman–Crippen LogP) is -1.86. The number of allylic oxidation sites excluding steroid dienone is 8. The first kappa shape index (κ1) is 23.4. The monoisotopic (exact) mass is 360 g/mol. The van der Waals surface area contributed by atoms with E-state index < -0.39 is 0 Å². The molecule has 0 bridgehead atoms. The molecular weight excluding hydrogens is 342 g/mol. The molecule has 18 heavy (non-hydrogen) atoms. The van der Waals surface area contributed by atoms with E-state index in [1.165, 1.54) is 46.5 Å². The van der Waals surface area contributed by atoms with Gasteiger partial charge in [-0.2, -0.15) is 17.2 Å². The Kier molecular flexibility index (Phi) is 17.8. The molecule has 0 saturated heterocycles. The molecule has 0 aromatic rings. The van der Waals surface area contributed by atoms with Gasteiger partial charge in [-0.1, -0.05) is 13.8 Å². The van der Waals surface area contributed by atoms with Gasteiger partial charge in [-0.15, -0.1) is 26.7 Å². The molecule has 0 saturated carbocycles. The second-order valence-corrected chi connectivity index (χ2v) is 3.88. The quantitative estimate of drug-likeness (QED) is 0.444. The van der Waals surface area contributed by atoms with Crippen LogP contribution in [-0.2, 0) is 24.2 Å². The van der Waals surface area contributed by atoms with Crippen LogP contribution in [0.25, 0.3) is 0 Å². The smallest absolute Gasteiger partial charge is 1.00 e. The van der Waals surface area contributed by atoms with Crippen LogP contribution in [0.5, 0.6) is 0 Å². The fourth-order valence-corrected chi connectivity index (χ4v) is 1.35. The van der Waals surface area contributed by atoms with Gasteiger partial charge in [0.15, 0.2) is 0 Å². The van der Waals surface area contributed by atoms with Gasteiger partial charge >= 0.3 is 28.4 Å². The minimum Gasteiger partial charge on any atom is -1.00 e. The third kappa shape index (κ3) is 9.25. The van der Waals surface area contributed by atoms with Crippen LogP contribution in [0.2, 0.25) is 0 Å². The minimum atomic E-state index is 0. The maximum atomic E-state index is 3.34. The van der Waals surface area contributed by atoms with Gasteiger partial charge < -0.3 is 24.8 Å². The van der Waals surface area contributed by atoms with Crippen molar-refractivity contribution in [3.8, 4) is 0 Å². The Morgan fingerprint density at radius 2 is 1.67 bits per heavy atom. The third-order valence-electron chi connectivity index (χ3n) is 2.69. The van der Waals surface area contributed by atoms with Crippen molar-refractivity contribution < 1.29 is 49.0 Å². The molecule has 100 valence electrons. The normalized spacial score (nSPS) is 15.2. The maximum absolute atomic E-state index is 3.34. The zero-order valence-electron chi connectivity index (χ0n) is 11.5. The molecule has 0 radical (unpaired) electrons.